The zero-order chi connectivity index (χ0) is 30.2. The lowest BCUT2D eigenvalue weighted by Crippen LogP contribution is -2.10. The molecule has 0 aliphatic carbocycles. The maximum atomic E-state index is 11.2. The Labute approximate surface area is 253 Å². The lowest BCUT2D eigenvalue weighted by Gasteiger charge is -2.26. The van der Waals surface area contributed by atoms with Gasteiger partial charge in [-0.05, 0) is 109 Å². The van der Waals surface area contributed by atoms with Crippen LogP contribution in [-0.2, 0) is 17.6 Å². The highest BCUT2D eigenvalue weighted by Gasteiger charge is 2.15. The molecule has 0 radical (unpaired) electrons. The summed E-state index contributed by atoms with van der Waals surface area (Å²) in [5, 5.41) is 19.2. The molecule has 0 aliphatic rings. The van der Waals surface area contributed by atoms with Crippen molar-refractivity contribution in [2.24, 2.45) is 0 Å². The molecule has 216 valence electrons. The van der Waals surface area contributed by atoms with Gasteiger partial charge >= 0.3 is 5.97 Å². The Morgan fingerprint density at radius 3 is 1.81 bits per heavy atom. The van der Waals surface area contributed by atoms with Crippen molar-refractivity contribution in [2.45, 2.75) is 52.4 Å². The van der Waals surface area contributed by atoms with Gasteiger partial charge in [-0.15, -0.1) is 0 Å². The first kappa shape index (κ1) is 29.4. The highest BCUT2D eigenvalue weighted by atomic mass is 16.4. The Balaban J connectivity index is 1.45. The molecule has 5 heteroatoms. The van der Waals surface area contributed by atoms with Crippen molar-refractivity contribution in [1.82, 2.24) is 0 Å². The van der Waals surface area contributed by atoms with Gasteiger partial charge in [0, 0.05) is 28.0 Å². The van der Waals surface area contributed by atoms with Gasteiger partial charge in [0.2, 0.25) is 0 Å². The number of carboxylic acid groups (broad SMARTS) is 1. The Hall–Kier alpha value is -5.08. The number of aliphatic carboxylic acids is 1. The summed E-state index contributed by atoms with van der Waals surface area (Å²) in [6.07, 6.45) is 8.26. The maximum absolute atomic E-state index is 11.2. The van der Waals surface area contributed by atoms with Gasteiger partial charge in [-0.25, -0.2) is 4.79 Å². The smallest absolute Gasteiger partial charge is 0.346 e. The van der Waals surface area contributed by atoms with Crippen molar-refractivity contribution in [3.05, 3.63) is 119 Å². The predicted molar refractivity (Wildman–Crippen MR) is 175 cm³/mol. The average Bonchev–Trinajstić information content (AvgIpc) is 3.47. The van der Waals surface area contributed by atoms with E-state index in [9.17, 15) is 9.90 Å². The van der Waals surface area contributed by atoms with Crippen molar-refractivity contribution in [3.63, 3.8) is 0 Å². The highest BCUT2D eigenvalue weighted by molar-refractivity contribution is 5.97. The summed E-state index contributed by atoms with van der Waals surface area (Å²) < 4.78 is 6.16. The molecule has 1 heterocycles. The summed E-state index contributed by atoms with van der Waals surface area (Å²) in [5.41, 5.74) is 7.81. The molecule has 0 saturated carbocycles. The zero-order valence-electron chi connectivity index (χ0n) is 24.7. The number of benzene rings is 4. The molecule has 0 amide bonds. The largest absolute Gasteiger partial charge is 0.477 e. The predicted octanol–water partition coefficient (Wildman–Crippen LogP) is 10.2. The Kier molecular flexibility index (Phi) is 9.39. The molecule has 0 aliphatic heterocycles. The van der Waals surface area contributed by atoms with Crippen molar-refractivity contribution in [3.8, 4) is 17.4 Å². The normalized spacial score (nSPS) is 11.4. The molecular weight excluding hydrogens is 532 g/mol. The molecule has 1 aromatic heterocycles. The molecule has 0 bridgehead atoms. The molecular formula is C38H36N2O3. The fourth-order valence-corrected chi connectivity index (χ4v) is 5.20. The fraction of sp³-hybridized carbons (Fsp3) is 0.211. The van der Waals surface area contributed by atoms with E-state index in [0.717, 1.165) is 40.9 Å². The van der Waals surface area contributed by atoms with Gasteiger partial charge in [0.05, 0.1) is 0 Å². The number of carboxylic acids is 1. The maximum Gasteiger partial charge on any atom is 0.346 e. The summed E-state index contributed by atoms with van der Waals surface area (Å²) in [6.45, 7) is 4.44. The Morgan fingerprint density at radius 1 is 0.791 bits per heavy atom. The van der Waals surface area contributed by atoms with E-state index in [4.69, 9.17) is 9.68 Å². The van der Waals surface area contributed by atoms with Crippen molar-refractivity contribution >= 4 is 40.1 Å². The van der Waals surface area contributed by atoms with E-state index in [0.29, 0.717) is 16.9 Å². The third-order valence-corrected chi connectivity index (χ3v) is 7.64. The van der Waals surface area contributed by atoms with E-state index >= 15 is 0 Å². The summed E-state index contributed by atoms with van der Waals surface area (Å²) in [6, 6.07) is 35.2. The number of carbonyl (C=O) groups is 1. The van der Waals surface area contributed by atoms with Gasteiger partial charge in [0.1, 0.15) is 23.0 Å². The second kappa shape index (κ2) is 13.7. The van der Waals surface area contributed by atoms with Gasteiger partial charge in [-0.2, -0.15) is 5.26 Å². The number of rotatable bonds is 12. The molecule has 5 nitrogen and oxygen atoms in total. The first-order chi connectivity index (χ1) is 21.0. The van der Waals surface area contributed by atoms with Crippen LogP contribution in [0.25, 0.3) is 28.4 Å². The number of hydrogen-bond donors (Lipinski definition) is 1. The molecule has 5 rings (SSSR count). The quantitative estimate of drug-likeness (QED) is 0.120. The van der Waals surface area contributed by atoms with Gasteiger partial charge in [-0.3, -0.25) is 0 Å². The van der Waals surface area contributed by atoms with E-state index in [1.54, 1.807) is 18.2 Å². The lowest BCUT2D eigenvalue weighted by atomic mass is 10.1. The minimum absolute atomic E-state index is 0.322. The van der Waals surface area contributed by atoms with E-state index in [1.807, 2.05) is 12.1 Å². The van der Waals surface area contributed by atoms with Crippen LogP contribution in [-0.4, -0.2) is 11.1 Å². The van der Waals surface area contributed by atoms with E-state index in [2.05, 4.69) is 91.5 Å². The van der Waals surface area contributed by atoms with E-state index in [1.165, 1.54) is 42.9 Å². The minimum Gasteiger partial charge on any atom is -0.477 e. The lowest BCUT2D eigenvalue weighted by molar-refractivity contribution is -0.132. The number of nitriles is 1. The monoisotopic (exact) mass is 568 g/mol. The zero-order valence-corrected chi connectivity index (χ0v) is 24.7. The highest BCUT2D eigenvalue weighted by Crippen LogP contribution is 2.37. The van der Waals surface area contributed by atoms with Crippen LogP contribution >= 0.6 is 0 Å². The summed E-state index contributed by atoms with van der Waals surface area (Å²) >= 11 is 0. The van der Waals surface area contributed by atoms with Crippen LogP contribution in [0.1, 0.15) is 56.2 Å². The van der Waals surface area contributed by atoms with E-state index < -0.39 is 5.97 Å². The van der Waals surface area contributed by atoms with Gasteiger partial charge in [0.25, 0.3) is 0 Å². The fourth-order valence-electron chi connectivity index (χ4n) is 5.20. The topological polar surface area (TPSA) is 77.5 Å². The summed E-state index contributed by atoms with van der Waals surface area (Å²) in [5.74, 6) is -0.537. The number of unbranched alkanes of at least 4 members (excludes halogenated alkanes) is 2. The standard InChI is InChI=1S/C38H36N2O3/c1-3-5-7-27-10-17-33(18-11-27)40(34-19-12-28(13-20-34)8-6-4-2)35-21-15-30(16-22-35)37-25-31-14-9-29(24-36(31)43-37)23-32(26-39)38(41)42/h9-25H,3-8H2,1-2H3,(H,41,42)/b32-23+. The molecule has 43 heavy (non-hydrogen) atoms. The first-order valence-electron chi connectivity index (χ1n) is 15.0. The molecule has 0 saturated heterocycles. The number of furan rings is 1. The third kappa shape index (κ3) is 7.05. The number of fused-ring (bicyclic) bond motifs is 1. The SMILES string of the molecule is CCCCc1ccc(N(c2ccc(CCCC)cc2)c2ccc(-c3cc4ccc(/C=C(\C#N)C(=O)O)cc4o3)cc2)cc1. The van der Waals surface area contributed by atoms with Crippen LogP contribution in [0.5, 0.6) is 0 Å². The number of nitrogens with zero attached hydrogens (tertiary/aromatic N) is 2. The third-order valence-electron chi connectivity index (χ3n) is 7.64. The van der Waals surface area contributed by atoms with Gasteiger partial charge in [0.15, 0.2) is 0 Å². The number of anilines is 3. The molecule has 4 aromatic carbocycles. The van der Waals surface area contributed by atoms with E-state index in [-0.39, 0.29) is 5.57 Å². The van der Waals surface area contributed by atoms with Crippen molar-refractivity contribution in [2.75, 3.05) is 4.90 Å². The number of aryl methyl sites for hydroxylation is 2. The first-order valence-corrected chi connectivity index (χ1v) is 15.0. The molecule has 0 atom stereocenters. The van der Waals surface area contributed by atoms with Crippen LogP contribution in [0.4, 0.5) is 17.1 Å². The van der Waals surface area contributed by atoms with Crippen molar-refractivity contribution in [1.29, 1.82) is 5.26 Å². The summed E-state index contributed by atoms with van der Waals surface area (Å²) in [7, 11) is 0. The van der Waals surface area contributed by atoms with Crippen LogP contribution < -0.4 is 4.90 Å². The second-order valence-corrected chi connectivity index (χ2v) is 10.8. The summed E-state index contributed by atoms with van der Waals surface area (Å²) in [4.78, 5) is 13.5. The Bertz CT molecular complexity index is 1700. The Morgan fingerprint density at radius 2 is 1.33 bits per heavy atom. The molecule has 1 N–H and O–H groups in total. The van der Waals surface area contributed by atoms with Crippen LogP contribution in [0.3, 0.4) is 0 Å². The number of hydrogen-bond acceptors (Lipinski definition) is 4. The van der Waals surface area contributed by atoms with Crippen LogP contribution in [0.2, 0.25) is 0 Å². The van der Waals surface area contributed by atoms with Crippen molar-refractivity contribution < 1.29 is 14.3 Å². The van der Waals surface area contributed by atoms with Gasteiger partial charge in [-0.1, -0.05) is 63.1 Å². The van der Waals surface area contributed by atoms with Gasteiger partial charge < -0.3 is 14.4 Å². The average molecular weight is 569 g/mol. The van der Waals surface area contributed by atoms with Crippen LogP contribution in [0, 0.1) is 11.3 Å². The second-order valence-electron chi connectivity index (χ2n) is 10.8. The molecule has 0 fully saturated rings. The molecule has 0 unspecified atom stereocenters. The minimum atomic E-state index is -1.25. The molecule has 0 spiro atoms. The van der Waals surface area contributed by atoms with Crippen LogP contribution in [0.15, 0.2) is 107 Å². The molecule has 5 aromatic rings.